The zero-order valence-electron chi connectivity index (χ0n) is 23.2. The second-order valence-electron chi connectivity index (χ2n) is 10.1. The lowest BCUT2D eigenvalue weighted by Crippen LogP contribution is -2.36. The fourth-order valence-corrected chi connectivity index (χ4v) is 5.39. The number of hydrogen-bond acceptors (Lipinski definition) is 4. The molecule has 0 saturated heterocycles. The average molecular weight is 555 g/mol. The zero-order valence-corrected chi connectivity index (χ0v) is 23.2. The van der Waals surface area contributed by atoms with Crippen molar-refractivity contribution in [2.45, 2.75) is 0 Å². The van der Waals surface area contributed by atoms with Gasteiger partial charge in [0.05, 0.1) is 11.4 Å². The van der Waals surface area contributed by atoms with Crippen molar-refractivity contribution >= 4 is 0 Å². The lowest BCUT2D eigenvalue weighted by molar-refractivity contribution is -0.572. The lowest BCUT2D eigenvalue weighted by atomic mass is 9.97. The first-order chi connectivity index (χ1) is 21.3. The van der Waals surface area contributed by atoms with Gasteiger partial charge >= 0.3 is 0 Å². The van der Waals surface area contributed by atoms with E-state index in [2.05, 4.69) is 55.9 Å². The Bertz CT molecular complexity index is 1880. The Balaban J connectivity index is 1.60. The van der Waals surface area contributed by atoms with Crippen LogP contribution in [-0.2, 0) is 0 Å². The monoisotopic (exact) mass is 554 g/mol. The first-order valence-electron chi connectivity index (χ1n) is 14.1. The summed E-state index contributed by atoms with van der Waals surface area (Å²) in [6.45, 7) is 0. The van der Waals surface area contributed by atoms with E-state index in [4.69, 9.17) is 0 Å². The smallest absolute Gasteiger partial charge is 0.219 e. The molecule has 5 heteroatoms. The van der Waals surface area contributed by atoms with Gasteiger partial charge in [0, 0.05) is 60.2 Å². The molecule has 4 aromatic heterocycles. The first-order valence-corrected chi connectivity index (χ1v) is 14.1. The summed E-state index contributed by atoms with van der Waals surface area (Å²) in [4.78, 5) is 13.4. The molecule has 7 rings (SSSR count). The van der Waals surface area contributed by atoms with Crippen molar-refractivity contribution in [1.82, 2.24) is 15.0 Å². The van der Waals surface area contributed by atoms with Crippen molar-refractivity contribution in [1.29, 1.82) is 0 Å². The normalized spacial score (nSPS) is 10.9. The summed E-state index contributed by atoms with van der Waals surface area (Å²) in [7, 11) is 0. The lowest BCUT2D eigenvalue weighted by Gasteiger charge is -2.20. The summed E-state index contributed by atoms with van der Waals surface area (Å²) >= 11 is 0. The maximum absolute atomic E-state index is 14.0. The molecule has 0 aliphatic rings. The second kappa shape index (κ2) is 11.5. The molecule has 0 fully saturated rings. The molecule has 0 N–H and O–H groups in total. The van der Waals surface area contributed by atoms with E-state index in [0.717, 1.165) is 39.3 Å². The summed E-state index contributed by atoms with van der Waals surface area (Å²) in [6, 6.07) is 44.2. The summed E-state index contributed by atoms with van der Waals surface area (Å²) in [6.07, 6.45) is 7.05. The molecular weight excluding hydrogens is 528 g/mol. The van der Waals surface area contributed by atoms with Gasteiger partial charge in [-0.3, -0.25) is 15.0 Å². The van der Waals surface area contributed by atoms with Gasteiger partial charge in [-0.05, 0) is 82.9 Å². The highest BCUT2D eigenvalue weighted by Gasteiger charge is 2.26. The molecule has 0 radical (unpaired) electrons. The van der Waals surface area contributed by atoms with Gasteiger partial charge in [-0.15, -0.1) is 0 Å². The molecule has 3 aromatic carbocycles. The zero-order chi connectivity index (χ0) is 29.0. The second-order valence-corrected chi connectivity index (χ2v) is 10.1. The standard InChI is InChI=1S/C38H26N4O/c43-38-32(34-15-7-9-19-40-34)25-31(26-33(38)35-16-8-10-20-41-35)42-36(28-11-3-1-4-12-28)23-30(27-17-21-39-22-18-27)24-37(42)29-13-5-2-6-14-29/h1-26H. The Labute approximate surface area is 250 Å². The Morgan fingerprint density at radius 2 is 0.930 bits per heavy atom. The third-order valence-corrected chi connectivity index (χ3v) is 7.43. The molecule has 0 aliphatic heterocycles. The van der Waals surface area contributed by atoms with Gasteiger partial charge in [0.1, 0.15) is 0 Å². The SMILES string of the molecule is [O-]c1c(-c2ccccn2)cc(-[n+]2c(-c3ccccc3)cc(-c3ccncc3)cc2-c2ccccc2)cc1-c1ccccn1. The fraction of sp³-hybridized carbons (Fsp3) is 0. The van der Waals surface area contributed by atoms with Crippen LogP contribution in [0.3, 0.4) is 0 Å². The molecule has 0 atom stereocenters. The molecule has 4 heterocycles. The molecule has 0 spiro atoms. The van der Waals surface area contributed by atoms with Crippen LogP contribution < -0.4 is 9.67 Å². The Morgan fingerprint density at radius 1 is 0.442 bits per heavy atom. The highest BCUT2D eigenvalue weighted by atomic mass is 16.3. The van der Waals surface area contributed by atoms with E-state index >= 15 is 0 Å². The minimum Gasteiger partial charge on any atom is -0.872 e. The summed E-state index contributed by atoms with van der Waals surface area (Å²) in [5.41, 5.74) is 9.26. The van der Waals surface area contributed by atoms with E-state index in [1.165, 1.54) is 0 Å². The van der Waals surface area contributed by atoms with Crippen molar-refractivity contribution in [2.24, 2.45) is 0 Å². The number of aromatic nitrogens is 4. The van der Waals surface area contributed by atoms with Crippen molar-refractivity contribution in [3.8, 4) is 67.6 Å². The van der Waals surface area contributed by atoms with Gasteiger partial charge in [0.25, 0.3) is 0 Å². The minimum absolute atomic E-state index is 0.113. The topological polar surface area (TPSA) is 65.6 Å². The quantitative estimate of drug-likeness (QED) is 0.199. The molecule has 204 valence electrons. The van der Waals surface area contributed by atoms with E-state index in [-0.39, 0.29) is 5.75 Å². The van der Waals surface area contributed by atoms with Gasteiger partial charge in [-0.25, -0.2) is 0 Å². The first kappa shape index (κ1) is 26.0. The van der Waals surface area contributed by atoms with Crippen LogP contribution in [0, 0.1) is 0 Å². The van der Waals surface area contributed by atoms with Crippen LogP contribution in [0.1, 0.15) is 0 Å². The van der Waals surface area contributed by atoms with Crippen LogP contribution in [0.2, 0.25) is 0 Å². The number of hydrogen-bond donors (Lipinski definition) is 0. The molecule has 0 saturated carbocycles. The van der Waals surface area contributed by atoms with Crippen molar-refractivity contribution in [3.05, 3.63) is 158 Å². The van der Waals surface area contributed by atoms with E-state index in [0.29, 0.717) is 22.5 Å². The molecule has 0 bridgehead atoms. The Kier molecular flexibility index (Phi) is 6.96. The number of pyridine rings is 4. The van der Waals surface area contributed by atoms with Gasteiger partial charge in [0.15, 0.2) is 0 Å². The molecule has 43 heavy (non-hydrogen) atoms. The van der Waals surface area contributed by atoms with Crippen LogP contribution in [0.5, 0.6) is 5.75 Å². The van der Waals surface area contributed by atoms with Crippen LogP contribution in [-0.4, -0.2) is 15.0 Å². The molecule has 0 aliphatic carbocycles. The third-order valence-electron chi connectivity index (χ3n) is 7.43. The maximum atomic E-state index is 14.0. The third kappa shape index (κ3) is 5.16. The highest BCUT2D eigenvalue weighted by molar-refractivity contribution is 5.81. The van der Waals surface area contributed by atoms with E-state index < -0.39 is 0 Å². The highest BCUT2D eigenvalue weighted by Crippen LogP contribution is 2.38. The van der Waals surface area contributed by atoms with Crippen LogP contribution in [0.15, 0.2) is 158 Å². The fourth-order valence-electron chi connectivity index (χ4n) is 5.39. The number of benzene rings is 3. The number of rotatable bonds is 6. The van der Waals surface area contributed by atoms with Crippen molar-refractivity contribution < 1.29 is 9.67 Å². The van der Waals surface area contributed by atoms with E-state index in [9.17, 15) is 5.11 Å². The molecule has 0 amide bonds. The van der Waals surface area contributed by atoms with Gasteiger partial charge < -0.3 is 5.11 Å². The van der Waals surface area contributed by atoms with E-state index in [1.807, 2.05) is 109 Å². The predicted molar refractivity (Wildman–Crippen MR) is 168 cm³/mol. The van der Waals surface area contributed by atoms with Gasteiger partial charge in [-0.2, -0.15) is 4.57 Å². The predicted octanol–water partition coefficient (Wildman–Crippen LogP) is 7.56. The molecule has 5 nitrogen and oxygen atoms in total. The Morgan fingerprint density at radius 3 is 1.40 bits per heavy atom. The number of nitrogens with zero attached hydrogens (tertiary/aromatic N) is 4. The summed E-state index contributed by atoms with van der Waals surface area (Å²) < 4.78 is 2.23. The van der Waals surface area contributed by atoms with Crippen LogP contribution in [0.4, 0.5) is 0 Å². The van der Waals surface area contributed by atoms with Crippen LogP contribution in [0.25, 0.3) is 61.8 Å². The van der Waals surface area contributed by atoms with Gasteiger partial charge in [-0.1, -0.05) is 54.3 Å². The van der Waals surface area contributed by atoms with Crippen LogP contribution >= 0.6 is 0 Å². The van der Waals surface area contributed by atoms with Gasteiger partial charge in [0.2, 0.25) is 17.1 Å². The minimum atomic E-state index is -0.113. The summed E-state index contributed by atoms with van der Waals surface area (Å²) in [5.74, 6) is -0.113. The molecular formula is C38H26N4O. The van der Waals surface area contributed by atoms with Crippen molar-refractivity contribution in [2.75, 3.05) is 0 Å². The molecule has 0 unspecified atom stereocenters. The van der Waals surface area contributed by atoms with Crippen molar-refractivity contribution in [3.63, 3.8) is 0 Å². The summed E-state index contributed by atoms with van der Waals surface area (Å²) in [5, 5.41) is 14.0. The molecule has 7 aromatic rings. The van der Waals surface area contributed by atoms with E-state index in [1.54, 1.807) is 12.4 Å². The average Bonchev–Trinajstić information content (AvgIpc) is 3.10. The largest absolute Gasteiger partial charge is 0.872 e. The Hall–Kier alpha value is -5.94. The maximum Gasteiger partial charge on any atom is 0.219 e.